The summed E-state index contributed by atoms with van der Waals surface area (Å²) in [6.07, 6.45) is 1.85. The second kappa shape index (κ2) is 15.2. The van der Waals surface area contributed by atoms with Gasteiger partial charge in [0.2, 0.25) is 0 Å². The summed E-state index contributed by atoms with van der Waals surface area (Å²) in [6, 6.07) is 36.2. The van der Waals surface area contributed by atoms with E-state index in [4.69, 9.17) is 25.8 Å². The lowest BCUT2D eigenvalue weighted by Crippen LogP contribution is -2.12. The molecule has 6 heteroatoms. The molecular formula is C38H39ClN2O3. The summed E-state index contributed by atoms with van der Waals surface area (Å²) >= 11 is 6.40. The smallest absolute Gasteiger partial charge is 0.0701 e. The first-order chi connectivity index (χ1) is 21.8. The molecule has 0 bridgehead atoms. The fourth-order valence-corrected chi connectivity index (χ4v) is 5.86. The molecule has 0 saturated carbocycles. The summed E-state index contributed by atoms with van der Waals surface area (Å²) in [5.74, 6) is 0. The molecule has 2 N–H and O–H groups in total. The number of hydrogen-bond donors (Lipinski definition) is 2. The van der Waals surface area contributed by atoms with E-state index in [2.05, 4.69) is 102 Å². The lowest BCUT2D eigenvalue weighted by molar-refractivity contribution is 0.0145. The quantitative estimate of drug-likeness (QED) is 0.0849. The fraction of sp³-hybridized carbons (Fsp3) is 0.263. The molecule has 226 valence electrons. The van der Waals surface area contributed by atoms with Crippen LogP contribution < -0.4 is 10.6 Å². The molecule has 0 atom stereocenters. The maximum absolute atomic E-state index is 6.40. The Morgan fingerprint density at radius 1 is 0.432 bits per heavy atom. The second-order valence-corrected chi connectivity index (χ2v) is 11.4. The molecule has 0 heterocycles. The minimum atomic E-state index is 0.576. The summed E-state index contributed by atoms with van der Waals surface area (Å²) in [5, 5.41) is 17.6. The average Bonchev–Trinajstić information content (AvgIpc) is 3.05. The van der Waals surface area contributed by atoms with Crippen molar-refractivity contribution in [3.8, 4) is 0 Å². The van der Waals surface area contributed by atoms with Gasteiger partial charge in [0.1, 0.15) is 0 Å². The van der Waals surface area contributed by atoms with Gasteiger partial charge in [-0.3, -0.25) is 0 Å². The molecular weight excluding hydrogens is 568 g/mol. The van der Waals surface area contributed by atoms with Crippen LogP contribution >= 0.6 is 11.6 Å². The van der Waals surface area contributed by atoms with Gasteiger partial charge >= 0.3 is 0 Å². The summed E-state index contributed by atoms with van der Waals surface area (Å²) < 4.78 is 17.2. The van der Waals surface area contributed by atoms with Crippen molar-refractivity contribution in [1.82, 2.24) is 0 Å². The van der Waals surface area contributed by atoms with Gasteiger partial charge in [-0.25, -0.2) is 0 Å². The topological polar surface area (TPSA) is 51.8 Å². The first kappa shape index (κ1) is 30.2. The van der Waals surface area contributed by atoms with Crippen molar-refractivity contribution in [2.45, 2.75) is 12.8 Å². The van der Waals surface area contributed by atoms with Crippen LogP contribution in [0.25, 0.3) is 43.1 Å². The van der Waals surface area contributed by atoms with Crippen LogP contribution in [0.5, 0.6) is 0 Å². The number of nitrogens with one attached hydrogen (secondary N) is 2. The van der Waals surface area contributed by atoms with E-state index >= 15 is 0 Å². The number of fused-ring (bicyclic) bond motifs is 4. The number of ether oxygens (including phenoxy) is 3. The molecule has 0 amide bonds. The van der Waals surface area contributed by atoms with Crippen molar-refractivity contribution < 1.29 is 14.2 Å². The van der Waals surface area contributed by atoms with Gasteiger partial charge in [0.05, 0.1) is 26.4 Å². The van der Waals surface area contributed by atoms with Crippen LogP contribution in [0.4, 0.5) is 11.4 Å². The van der Waals surface area contributed by atoms with Gasteiger partial charge in [0.15, 0.2) is 0 Å². The van der Waals surface area contributed by atoms with Crippen LogP contribution in [0.2, 0.25) is 5.02 Å². The number of rotatable bonds is 16. The van der Waals surface area contributed by atoms with Crippen LogP contribution in [0.3, 0.4) is 0 Å². The van der Waals surface area contributed by atoms with Crippen LogP contribution in [-0.4, -0.2) is 52.7 Å². The summed E-state index contributed by atoms with van der Waals surface area (Å²) in [7, 11) is 0. The Kier molecular flexibility index (Phi) is 10.4. The third kappa shape index (κ3) is 7.61. The fourth-order valence-electron chi connectivity index (χ4n) is 5.62. The van der Waals surface area contributed by atoms with Crippen LogP contribution in [-0.2, 0) is 14.2 Å². The molecule has 0 aromatic heterocycles. The van der Waals surface area contributed by atoms with Gasteiger partial charge in [-0.2, -0.15) is 0 Å². The average molecular weight is 607 g/mol. The molecule has 0 fully saturated rings. The van der Waals surface area contributed by atoms with E-state index in [1.54, 1.807) is 0 Å². The molecule has 0 aliphatic carbocycles. The van der Waals surface area contributed by atoms with Crippen molar-refractivity contribution >= 4 is 66.1 Å². The highest BCUT2D eigenvalue weighted by molar-refractivity contribution is 6.36. The van der Waals surface area contributed by atoms with Crippen molar-refractivity contribution in [1.29, 1.82) is 0 Å². The van der Waals surface area contributed by atoms with Gasteiger partial charge in [-0.1, -0.05) is 72.3 Å². The van der Waals surface area contributed by atoms with Gasteiger partial charge < -0.3 is 24.8 Å². The monoisotopic (exact) mass is 606 g/mol. The minimum Gasteiger partial charge on any atom is -0.384 e. The Morgan fingerprint density at radius 2 is 0.864 bits per heavy atom. The maximum atomic E-state index is 6.40. The molecule has 0 saturated heterocycles. The Hall–Kier alpha value is -3.87. The van der Waals surface area contributed by atoms with Gasteiger partial charge in [0.25, 0.3) is 0 Å². The Labute approximate surface area is 264 Å². The Bertz CT molecular complexity index is 1840. The van der Waals surface area contributed by atoms with E-state index < -0.39 is 0 Å². The molecule has 5 nitrogen and oxygen atoms in total. The first-order valence-electron chi connectivity index (χ1n) is 15.5. The molecule has 44 heavy (non-hydrogen) atoms. The Balaban J connectivity index is 0.802. The van der Waals surface area contributed by atoms with Gasteiger partial charge in [-0.05, 0) is 82.2 Å². The van der Waals surface area contributed by atoms with E-state index in [0.717, 1.165) is 47.4 Å². The van der Waals surface area contributed by atoms with Crippen molar-refractivity contribution in [3.63, 3.8) is 0 Å². The third-order valence-electron chi connectivity index (χ3n) is 7.88. The normalized spacial score (nSPS) is 11.6. The number of halogens is 1. The standard InChI is InChI=1S/C38H39ClN2O3/c39-36-13-3-10-31-27-35-32(26-33(31)36)12-5-15-38(35)41-17-7-19-43-21-23-44-22-20-42-18-6-16-40-37-14-4-11-30-24-28-8-1-2-9-29(28)25-34(30)37/h1-5,8-15,24-27,40-41H,6-7,16-23H2. The van der Waals surface area contributed by atoms with Gasteiger partial charge in [-0.15, -0.1) is 0 Å². The van der Waals surface area contributed by atoms with Gasteiger partial charge in [0, 0.05) is 58.9 Å². The molecule has 0 aliphatic heterocycles. The summed E-state index contributed by atoms with van der Waals surface area (Å²) in [5.41, 5.74) is 2.30. The lowest BCUT2D eigenvalue weighted by atomic mass is 10.0. The number of anilines is 2. The van der Waals surface area contributed by atoms with Crippen molar-refractivity contribution in [2.75, 3.05) is 63.4 Å². The predicted molar refractivity (Wildman–Crippen MR) is 187 cm³/mol. The highest BCUT2D eigenvalue weighted by atomic mass is 35.5. The van der Waals surface area contributed by atoms with E-state index in [1.807, 2.05) is 12.1 Å². The van der Waals surface area contributed by atoms with E-state index in [1.165, 1.54) is 38.0 Å². The SMILES string of the molecule is Clc1cccc2cc3c(NCCCOCCOCCOCCCNc4cccc5cc6ccccc6cc45)cccc3cc12. The molecule has 0 unspecified atom stereocenters. The highest BCUT2D eigenvalue weighted by Gasteiger charge is 2.06. The number of benzene rings is 6. The number of hydrogen-bond acceptors (Lipinski definition) is 5. The Morgan fingerprint density at radius 3 is 1.48 bits per heavy atom. The molecule has 6 rings (SSSR count). The zero-order chi connectivity index (χ0) is 30.0. The largest absolute Gasteiger partial charge is 0.384 e. The van der Waals surface area contributed by atoms with E-state index in [0.29, 0.717) is 39.6 Å². The van der Waals surface area contributed by atoms with Crippen molar-refractivity contribution in [2.24, 2.45) is 0 Å². The lowest BCUT2D eigenvalue weighted by Gasteiger charge is -2.12. The third-order valence-corrected chi connectivity index (χ3v) is 8.21. The summed E-state index contributed by atoms with van der Waals surface area (Å²) in [4.78, 5) is 0. The predicted octanol–water partition coefficient (Wildman–Crippen LogP) is 9.31. The molecule has 0 radical (unpaired) electrons. The van der Waals surface area contributed by atoms with Crippen LogP contribution in [0.15, 0.2) is 103 Å². The molecule has 0 aliphatic rings. The molecule has 0 spiro atoms. The summed E-state index contributed by atoms with van der Waals surface area (Å²) in [6.45, 7) is 5.44. The maximum Gasteiger partial charge on any atom is 0.0701 e. The minimum absolute atomic E-state index is 0.576. The first-order valence-corrected chi connectivity index (χ1v) is 15.9. The molecule has 6 aromatic rings. The second-order valence-electron chi connectivity index (χ2n) is 11.0. The molecule has 6 aromatic carbocycles. The zero-order valence-corrected chi connectivity index (χ0v) is 25.7. The van der Waals surface area contributed by atoms with E-state index in [9.17, 15) is 0 Å². The van der Waals surface area contributed by atoms with Crippen LogP contribution in [0.1, 0.15) is 12.8 Å². The zero-order valence-electron chi connectivity index (χ0n) is 25.0. The van der Waals surface area contributed by atoms with Crippen LogP contribution in [0, 0.1) is 0 Å². The van der Waals surface area contributed by atoms with Crippen molar-refractivity contribution in [3.05, 3.63) is 108 Å². The van der Waals surface area contributed by atoms with E-state index in [-0.39, 0.29) is 0 Å². The highest BCUT2D eigenvalue weighted by Crippen LogP contribution is 2.32.